The van der Waals surface area contributed by atoms with Crippen LogP contribution in [0.1, 0.15) is 34.5 Å². The van der Waals surface area contributed by atoms with Gasteiger partial charge in [0.2, 0.25) is 0 Å². The van der Waals surface area contributed by atoms with Gasteiger partial charge >= 0.3 is 0 Å². The van der Waals surface area contributed by atoms with E-state index in [2.05, 4.69) is 61.5 Å². The van der Waals surface area contributed by atoms with Gasteiger partial charge in [0.25, 0.3) is 5.91 Å². The quantitative estimate of drug-likeness (QED) is 0.721. The summed E-state index contributed by atoms with van der Waals surface area (Å²) in [7, 11) is 0. The monoisotopic (exact) mass is 399 g/mol. The molecule has 0 bridgehead atoms. The Labute approximate surface area is 176 Å². The van der Waals surface area contributed by atoms with Gasteiger partial charge in [-0.3, -0.25) is 4.79 Å². The smallest absolute Gasteiger partial charge is 0.274 e. The first kappa shape index (κ1) is 18.6. The zero-order valence-electron chi connectivity index (χ0n) is 16.9. The number of nitrogens with one attached hydrogen (secondary N) is 1. The third-order valence-electron chi connectivity index (χ3n) is 5.94. The van der Waals surface area contributed by atoms with Crippen molar-refractivity contribution in [2.24, 2.45) is 0 Å². The second-order valence-corrected chi connectivity index (χ2v) is 7.90. The number of benzene rings is 2. The number of hydrogen-bond acceptors (Lipinski definition) is 5. The first-order valence-electron chi connectivity index (χ1n) is 10.6. The molecule has 0 saturated carbocycles. The van der Waals surface area contributed by atoms with E-state index in [0.29, 0.717) is 5.69 Å². The predicted octanol–water partition coefficient (Wildman–Crippen LogP) is 3.89. The lowest BCUT2D eigenvalue weighted by Crippen LogP contribution is -2.31. The SMILES string of the molecule is O=C(Nc1ccc(N2CCCC2)cc1)c1cc(N2CCc3ccccc3C2)ncn1. The maximum absolute atomic E-state index is 12.8. The van der Waals surface area contributed by atoms with Crippen LogP contribution >= 0.6 is 0 Å². The second kappa shape index (κ2) is 8.14. The number of nitrogens with zero attached hydrogens (tertiary/aromatic N) is 4. The van der Waals surface area contributed by atoms with Crippen LogP contribution in [0.15, 0.2) is 60.9 Å². The third-order valence-corrected chi connectivity index (χ3v) is 5.94. The molecule has 1 aromatic heterocycles. The molecule has 5 rings (SSSR count). The van der Waals surface area contributed by atoms with Crippen molar-refractivity contribution in [1.29, 1.82) is 0 Å². The van der Waals surface area contributed by atoms with Gasteiger partial charge in [0, 0.05) is 43.6 Å². The molecule has 0 spiro atoms. The highest BCUT2D eigenvalue weighted by atomic mass is 16.1. The Hall–Kier alpha value is -3.41. The first-order valence-corrected chi connectivity index (χ1v) is 10.6. The fraction of sp³-hybridized carbons (Fsp3) is 0.292. The van der Waals surface area contributed by atoms with Gasteiger partial charge in [-0.15, -0.1) is 0 Å². The molecule has 1 N–H and O–H groups in total. The van der Waals surface area contributed by atoms with Crippen molar-refractivity contribution in [2.75, 3.05) is 34.8 Å². The Morgan fingerprint density at radius 3 is 2.43 bits per heavy atom. The molecule has 30 heavy (non-hydrogen) atoms. The molecule has 6 heteroatoms. The molecule has 1 saturated heterocycles. The van der Waals surface area contributed by atoms with Gasteiger partial charge in [-0.1, -0.05) is 24.3 Å². The average molecular weight is 399 g/mol. The van der Waals surface area contributed by atoms with E-state index in [1.807, 2.05) is 12.1 Å². The zero-order chi connectivity index (χ0) is 20.3. The number of anilines is 3. The largest absolute Gasteiger partial charge is 0.372 e. The summed E-state index contributed by atoms with van der Waals surface area (Å²) in [4.78, 5) is 25.9. The van der Waals surface area contributed by atoms with Crippen molar-refractivity contribution in [2.45, 2.75) is 25.8 Å². The molecule has 6 nitrogen and oxygen atoms in total. The molecular weight excluding hydrogens is 374 g/mol. The molecule has 152 valence electrons. The topological polar surface area (TPSA) is 61.4 Å². The molecule has 2 aromatic carbocycles. The summed E-state index contributed by atoms with van der Waals surface area (Å²) in [5.74, 6) is 0.569. The first-order chi connectivity index (χ1) is 14.8. The number of fused-ring (bicyclic) bond motifs is 1. The van der Waals surface area contributed by atoms with Crippen molar-refractivity contribution in [1.82, 2.24) is 9.97 Å². The van der Waals surface area contributed by atoms with Crippen molar-refractivity contribution in [3.63, 3.8) is 0 Å². The van der Waals surface area contributed by atoms with Gasteiger partial charge < -0.3 is 15.1 Å². The molecule has 2 aliphatic rings. The normalized spacial score (nSPS) is 15.7. The van der Waals surface area contributed by atoms with Crippen molar-refractivity contribution in [3.05, 3.63) is 77.7 Å². The van der Waals surface area contributed by atoms with E-state index in [0.717, 1.165) is 44.1 Å². The van der Waals surface area contributed by atoms with Crippen molar-refractivity contribution >= 4 is 23.1 Å². The third kappa shape index (κ3) is 3.85. The van der Waals surface area contributed by atoms with Gasteiger partial charge in [-0.05, 0) is 54.7 Å². The number of carbonyl (C=O) groups excluding carboxylic acids is 1. The van der Waals surface area contributed by atoms with E-state index in [1.54, 1.807) is 6.07 Å². The standard InChI is InChI=1S/C24H25N5O/c30-24(27-20-7-9-21(10-8-20)28-12-3-4-13-28)22-15-23(26-17-25-22)29-14-11-18-5-1-2-6-19(18)16-29/h1-2,5-10,15,17H,3-4,11-14,16H2,(H,27,30). The van der Waals surface area contributed by atoms with Crippen LogP contribution < -0.4 is 15.1 Å². The number of amides is 1. The summed E-state index contributed by atoms with van der Waals surface area (Å²) in [6, 6.07) is 18.3. The fourth-order valence-electron chi connectivity index (χ4n) is 4.26. The van der Waals surface area contributed by atoms with E-state index < -0.39 is 0 Å². The maximum Gasteiger partial charge on any atom is 0.274 e. The number of carbonyl (C=O) groups is 1. The Bertz CT molecular complexity index is 1040. The number of aromatic nitrogens is 2. The molecule has 0 aliphatic carbocycles. The minimum absolute atomic E-state index is 0.218. The molecule has 0 unspecified atom stereocenters. The van der Waals surface area contributed by atoms with Gasteiger partial charge in [0.1, 0.15) is 17.8 Å². The van der Waals surface area contributed by atoms with Gasteiger partial charge in [-0.2, -0.15) is 0 Å². The van der Waals surface area contributed by atoms with Crippen molar-refractivity contribution < 1.29 is 4.79 Å². The lowest BCUT2D eigenvalue weighted by atomic mass is 10.00. The molecule has 3 heterocycles. The Kier molecular flexibility index (Phi) is 5.05. The van der Waals surface area contributed by atoms with Crippen LogP contribution in [0, 0.1) is 0 Å². The molecule has 0 atom stereocenters. The molecule has 0 radical (unpaired) electrons. The van der Waals surface area contributed by atoms with E-state index in [-0.39, 0.29) is 5.91 Å². The predicted molar refractivity (Wildman–Crippen MR) is 119 cm³/mol. The molecule has 1 amide bonds. The summed E-state index contributed by atoms with van der Waals surface area (Å²) in [5, 5.41) is 2.96. The Balaban J connectivity index is 1.27. The lowest BCUT2D eigenvalue weighted by Gasteiger charge is -2.29. The molecule has 3 aromatic rings. The summed E-state index contributed by atoms with van der Waals surface area (Å²) in [6.07, 6.45) is 4.95. The molecule has 1 fully saturated rings. The van der Waals surface area contributed by atoms with Gasteiger partial charge in [0.05, 0.1) is 0 Å². The lowest BCUT2D eigenvalue weighted by molar-refractivity contribution is 0.102. The van der Waals surface area contributed by atoms with Crippen LogP contribution in [0.2, 0.25) is 0 Å². The van der Waals surface area contributed by atoms with Crippen LogP contribution in [0.25, 0.3) is 0 Å². The number of hydrogen-bond donors (Lipinski definition) is 1. The second-order valence-electron chi connectivity index (χ2n) is 7.90. The van der Waals surface area contributed by atoms with Gasteiger partial charge in [-0.25, -0.2) is 9.97 Å². The van der Waals surface area contributed by atoms with Crippen LogP contribution in [-0.4, -0.2) is 35.5 Å². The van der Waals surface area contributed by atoms with E-state index in [9.17, 15) is 4.79 Å². The van der Waals surface area contributed by atoms with Crippen LogP contribution in [-0.2, 0) is 13.0 Å². The average Bonchev–Trinajstić information content (AvgIpc) is 3.34. The minimum Gasteiger partial charge on any atom is -0.372 e. The van der Waals surface area contributed by atoms with E-state index in [4.69, 9.17) is 0 Å². The highest BCUT2D eigenvalue weighted by molar-refractivity contribution is 6.03. The van der Waals surface area contributed by atoms with E-state index >= 15 is 0 Å². The summed E-state index contributed by atoms with van der Waals surface area (Å²) in [6.45, 7) is 3.89. The highest BCUT2D eigenvalue weighted by Gasteiger charge is 2.19. The Morgan fingerprint density at radius 1 is 0.867 bits per heavy atom. The summed E-state index contributed by atoms with van der Waals surface area (Å²) in [5.41, 5.74) is 5.06. The van der Waals surface area contributed by atoms with Crippen molar-refractivity contribution in [3.8, 4) is 0 Å². The van der Waals surface area contributed by atoms with Crippen LogP contribution in [0.3, 0.4) is 0 Å². The van der Waals surface area contributed by atoms with Gasteiger partial charge in [0.15, 0.2) is 0 Å². The fourth-order valence-corrected chi connectivity index (χ4v) is 4.26. The van der Waals surface area contributed by atoms with Crippen LogP contribution in [0.5, 0.6) is 0 Å². The van der Waals surface area contributed by atoms with E-state index in [1.165, 1.54) is 36.0 Å². The summed E-state index contributed by atoms with van der Waals surface area (Å²) < 4.78 is 0. The maximum atomic E-state index is 12.8. The van der Waals surface area contributed by atoms with Crippen LogP contribution in [0.4, 0.5) is 17.2 Å². The molecular formula is C24H25N5O. The number of rotatable bonds is 4. The Morgan fingerprint density at radius 2 is 1.63 bits per heavy atom. The zero-order valence-corrected chi connectivity index (χ0v) is 16.9. The molecule has 2 aliphatic heterocycles. The highest BCUT2D eigenvalue weighted by Crippen LogP contribution is 2.24. The minimum atomic E-state index is -0.218. The summed E-state index contributed by atoms with van der Waals surface area (Å²) >= 11 is 0.